The van der Waals surface area contributed by atoms with E-state index in [1.807, 2.05) is 0 Å². The van der Waals surface area contributed by atoms with Crippen molar-refractivity contribution in [2.24, 2.45) is 11.8 Å². The monoisotopic (exact) mass is 278 g/mol. The number of hydrogen-bond donors (Lipinski definition) is 0. The van der Waals surface area contributed by atoms with E-state index in [1.165, 1.54) is 38.5 Å². The molecular formula is C18H30O2. The van der Waals surface area contributed by atoms with Crippen molar-refractivity contribution in [3.63, 3.8) is 0 Å². The molecule has 0 spiro atoms. The summed E-state index contributed by atoms with van der Waals surface area (Å²) < 4.78 is 11.5. The van der Waals surface area contributed by atoms with Crippen molar-refractivity contribution in [3.8, 4) is 0 Å². The molecule has 0 aliphatic heterocycles. The van der Waals surface area contributed by atoms with E-state index in [4.69, 9.17) is 9.47 Å². The third-order valence-electron chi connectivity index (χ3n) is 4.29. The molecule has 0 amide bonds. The van der Waals surface area contributed by atoms with E-state index in [1.54, 1.807) is 0 Å². The standard InChI is InChI=1S/C18H30O2/c1-3-9-17(10-4-1)15-19-13-7-8-14-20-16-18-11-5-2-6-12-18/h1-3,5,17-18H,4,6-16H2. The van der Waals surface area contributed by atoms with Gasteiger partial charge in [-0.25, -0.2) is 0 Å². The van der Waals surface area contributed by atoms with E-state index in [9.17, 15) is 0 Å². The Morgan fingerprint density at radius 3 is 1.60 bits per heavy atom. The fraction of sp³-hybridized carbons (Fsp3) is 0.778. The Morgan fingerprint density at radius 2 is 1.20 bits per heavy atom. The van der Waals surface area contributed by atoms with E-state index in [0.717, 1.165) is 51.1 Å². The molecule has 0 heterocycles. The van der Waals surface area contributed by atoms with Gasteiger partial charge < -0.3 is 9.47 Å². The van der Waals surface area contributed by atoms with Gasteiger partial charge in [0.15, 0.2) is 0 Å². The molecule has 0 aromatic rings. The zero-order valence-electron chi connectivity index (χ0n) is 12.8. The molecule has 0 saturated carbocycles. The first-order valence-corrected chi connectivity index (χ1v) is 8.40. The van der Waals surface area contributed by atoms with Gasteiger partial charge in [0.1, 0.15) is 0 Å². The molecule has 2 heteroatoms. The van der Waals surface area contributed by atoms with Crippen molar-refractivity contribution in [2.45, 2.75) is 51.4 Å². The third kappa shape index (κ3) is 6.71. The quantitative estimate of drug-likeness (QED) is 0.456. The maximum absolute atomic E-state index is 5.77. The van der Waals surface area contributed by atoms with E-state index < -0.39 is 0 Å². The second-order valence-corrected chi connectivity index (χ2v) is 6.16. The minimum absolute atomic E-state index is 0.760. The van der Waals surface area contributed by atoms with E-state index in [-0.39, 0.29) is 0 Å². The molecule has 0 radical (unpaired) electrons. The van der Waals surface area contributed by atoms with Crippen LogP contribution in [0.25, 0.3) is 0 Å². The van der Waals surface area contributed by atoms with Crippen molar-refractivity contribution in [1.82, 2.24) is 0 Å². The Bertz CT molecular complexity index is 266. The number of allylic oxidation sites excluding steroid dienone is 4. The lowest BCUT2D eigenvalue weighted by Gasteiger charge is -2.18. The Hall–Kier alpha value is -0.600. The van der Waals surface area contributed by atoms with Gasteiger partial charge in [0.2, 0.25) is 0 Å². The topological polar surface area (TPSA) is 18.5 Å². The van der Waals surface area contributed by atoms with Gasteiger partial charge in [-0.1, -0.05) is 24.3 Å². The van der Waals surface area contributed by atoms with Crippen molar-refractivity contribution < 1.29 is 9.47 Å². The Kier molecular flexibility index (Phi) is 8.03. The average Bonchev–Trinajstić information content (AvgIpc) is 2.52. The smallest absolute Gasteiger partial charge is 0.0497 e. The number of rotatable bonds is 9. The molecule has 0 aromatic carbocycles. The van der Waals surface area contributed by atoms with Crippen LogP contribution in [-0.2, 0) is 9.47 Å². The van der Waals surface area contributed by atoms with Gasteiger partial charge in [-0.2, -0.15) is 0 Å². The predicted octanol–water partition coefficient (Wildman–Crippen LogP) is 4.51. The van der Waals surface area contributed by atoms with Gasteiger partial charge in [0, 0.05) is 26.4 Å². The summed E-state index contributed by atoms with van der Waals surface area (Å²) in [6, 6.07) is 0. The highest BCUT2D eigenvalue weighted by Gasteiger charge is 2.10. The highest BCUT2D eigenvalue weighted by molar-refractivity contribution is 4.90. The predicted molar refractivity (Wildman–Crippen MR) is 83.8 cm³/mol. The summed E-state index contributed by atoms with van der Waals surface area (Å²) in [6.07, 6.45) is 18.9. The van der Waals surface area contributed by atoms with Gasteiger partial charge in [0.05, 0.1) is 0 Å². The third-order valence-corrected chi connectivity index (χ3v) is 4.29. The lowest BCUT2D eigenvalue weighted by atomic mass is 9.95. The second kappa shape index (κ2) is 10.2. The molecular weight excluding hydrogens is 248 g/mol. The highest BCUT2D eigenvalue weighted by Crippen LogP contribution is 2.19. The van der Waals surface area contributed by atoms with Gasteiger partial charge in [-0.05, 0) is 63.2 Å². The highest BCUT2D eigenvalue weighted by atomic mass is 16.5. The van der Waals surface area contributed by atoms with Crippen molar-refractivity contribution >= 4 is 0 Å². The summed E-state index contributed by atoms with van der Waals surface area (Å²) in [5, 5.41) is 0. The lowest BCUT2D eigenvalue weighted by Crippen LogP contribution is -2.13. The first-order chi connectivity index (χ1) is 9.95. The maximum atomic E-state index is 5.77. The Labute approximate surface area is 124 Å². The molecule has 2 rings (SSSR count). The first kappa shape index (κ1) is 15.8. The molecule has 2 nitrogen and oxygen atoms in total. The molecule has 2 atom stereocenters. The minimum atomic E-state index is 0.760. The van der Waals surface area contributed by atoms with Gasteiger partial charge in [0.25, 0.3) is 0 Å². The van der Waals surface area contributed by atoms with Crippen LogP contribution < -0.4 is 0 Å². The van der Waals surface area contributed by atoms with E-state index >= 15 is 0 Å². The summed E-state index contributed by atoms with van der Waals surface area (Å²) in [7, 11) is 0. The minimum Gasteiger partial charge on any atom is -0.381 e. The van der Waals surface area contributed by atoms with Gasteiger partial charge in [-0.3, -0.25) is 0 Å². The molecule has 0 aromatic heterocycles. The summed E-state index contributed by atoms with van der Waals surface area (Å²) >= 11 is 0. The first-order valence-electron chi connectivity index (χ1n) is 8.40. The number of unbranched alkanes of at least 4 members (excludes halogenated alkanes) is 1. The lowest BCUT2D eigenvalue weighted by molar-refractivity contribution is 0.0703. The van der Waals surface area contributed by atoms with Gasteiger partial charge in [-0.15, -0.1) is 0 Å². The fourth-order valence-corrected chi connectivity index (χ4v) is 2.92. The van der Waals surface area contributed by atoms with Crippen LogP contribution in [0.2, 0.25) is 0 Å². The SMILES string of the molecule is C1=CCC(COCCCCOCC2CC=CCC2)CC1. The van der Waals surface area contributed by atoms with Crippen molar-refractivity contribution in [2.75, 3.05) is 26.4 Å². The normalized spacial score (nSPS) is 26.0. The molecule has 2 aliphatic carbocycles. The van der Waals surface area contributed by atoms with Crippen LogP contribution in [0.3, 0.4) is 0 Å². The Balaban J connectivity index is 1.35. The molecule has 2 unspecified atom stereocenters. The van der Waals surface area contributed by atoms with Crippen LogP contribution in [0.1, 0.15) is 51.4 Å². The van der Waals surface area contributed by atoms with Gasteiger partial charge >= 0.3 is 0 Å². The van der Waals surface area contributed by atoms with Crippen molar-refractivity contribution in [3.05, 3.63) is 24.3 Å². The number of hydrogen-bond acceptors (Lipinski definition) is 2. The van der Waals surface area contributed by atoms with Crippen LogP contribution in [0.4, 0.5) is 0 Å². The van der Waals surface area contributed by atoms with Crippen LogP contribution in [0.5, 0.6) is 0 Å². The van der Waals surface area contributed by atoms with Crippen molar-refractivity contribution in [1.29, 1.82) is 0 Å². The zero-order valence-corrected chi connectivity index (χ0v) is 12.8. The van der Waals surface area contributed by atoms with Crippen LogP contribution >= 0.6 is 0 Å². The van der Waals surface area contributed by atoms with E-state index in [2.05, 4.69) is 24.3 Å². The summed E-state index contributed by atoms with van der Waals surface area (Å²) in [6.45, 7) is 3.69. The van der Waals surface area contributed by atoms with Crippen LogP contribution in [0, 0.1) is 11.8 Å². The largest absolute Gasteiger partial charge is 0.381 e. The fourth-order valence-electron chi connectivity index (χ4n) is 2.92. The molecule has 20 heavy (non-hydrogen) atoms. The molecule has 0 saturated heterocycles. The zero-order chi connectivity index (χ0) is 13.9. The Morgan fingerprint density at radius 1 is 0.700 bits per heavy atom. The molecule has 2 aliphatic rings. The van der Waals surface area contributed by atoms with Crippen LogP contribution in [-0.4, -0.2) is 26.4 Å². The molecule has 114 valence electrons. The average molecular weight is 278 g/mol. The van der Waals surface area contributed by atoms with Crippen LogP contribution in [0.15, 0.2) is 24.3 Å². The summed E-state index contributed by atoms with van der Waals surface area (Å²) in [5.41, 5.74) is 0. The maximum Gasteiger partial charge on any atom is 0.0497 e. The molecule has 0 bridgehead atoms. The summed E-state index contributed by atoms with van der Waals surface area (Å²) in [5.74, 6) is 1.52. The van der Waals surface area contributed by atoms with E-state index in [0.29, 0.717) is 0 Å². The summed E-state index contributed by atoms with van der Waals surface area (Å²) in [4.78, 5) is 0. The molecule has 0 N–H and O–H groups in total. The molecule has 0 fully saturated rings. The number of ether oxygens (including phenoxy) is 2. The second-order valence-electron chi connectivity index (χ2n) is 6.16.